The number of benzene rings is 1. The maximum absolute atomic E-state index is 12.3. The molecule has 1 fully saturated rings. The van der Waals surface area contributed by atoms with Crippen LogP contribution in [-0.4, -0.2) is 42.1 Å². The van der Waals surface area contributed by atoms with Crippen LogP contribution in [0.3, 0.4) is 0 Å². The van der Waals surface area contributed by atoms with Gasteiger partial charge >= 0.3 is 0 Å². The summed E-state index contributed by atoms with van der Waals surface area (Å²) >= 11 is 3.29. The lowest BCUT2D eigenvalue weighted by Crippen LogP contribution is -2.44. The van der Waals surface area contributed by atoms with Crippen LogP contribution in [0.4, 0.5) is 5.69 Å². The summed E-state index contributed by atoms with van der Waals surface area (Å²) in [6.07, 6.45) is 3.14. The zero-order chi connectivity index (χ0) is 15.0. The number of hydrogen-bond acceptors (Lipinski definition) is 3. The molecule has 0 aliphatic carbocycles. The molecule has 2 aliphatic heterocycles. The Morgan fingerprint density at radius 3 is 2.57 bits per heavy atom. The Hall–Kier alpha value is -1.69. The Labute approximate surface area is 131 Å². The lowest BCUT2D eigenvalue weighted by Gasteiger charge is -2.28. The van der Waals surface area contributed by atoms with Crippen molar-refractivity contribution in [3.8, 4) is 0 Å². The molecular formula is C15H15BrN2O3. The first-order valence-corrected chi connectivity index (χ1v) is 7.81. The van der Waals surface area contributed by atoms with Gasteiger partial charge < -0.3 is 4.90 Å². The fourth-order valence-corrected chi connectivity index (χ4v) is 3.37. The van der Waals surface area contributed by atoms with Crippen LogP contribution in [0, 0.1) is 0 Å². The van der Waals surface area contributed by atoms with Gasteiger partial charge in [-0.05, 0) is 47.3 Å². The van der Waals surface area contributed by atoms with Crippen molar-refractivity contribution in [3.63, 3.8) is 0 Å². The first-order chi connectivity index (χ1) is 10.1. The molecular weight excluding hydrogens is 336 g/mol. The Morgan fingerprint density at radius 1 is 1.14 bits per heavy atom. The van der Waals surface area contributed by atoms with Crippen LogP contribution in [0.2, 0.25) is 0 Å². The molecule has 1 aromatic rings. The van der Waals surface area contributed by atoms with Crippen LogP contribution in [0.15, 0.2) is 22.7 Å². The molecule has 110 valence electrons. The Morgan fingerprint density at radius 2 is 1.86 bits per heavy atom. The van der Waals surface area contributed by atoms with Crippen molar-refractivity contribution >= 4 is 39.2 Å². The predicted molar refractivity (Wildman–Crippen MR) is 81.3 cm³/mol. The predicted octanol–water partition coefficient (Wildman–Crippen LogP) is 1.99. The smallest absolute Gasteiger partial charge is 0.299 e. The number of hydrogen-bond donors (Lipinski definition) is 0. The third-order valence-electron chi connectivity index (χ3n) is 3.95. The maximum Gasteiger partial charge on any atom is 0.299 e. The number of piperidine rings is 1. The molecule has 0 atom stereocenters. The van der Waals surface area contributed by atoms with Crippen molar-refractivity contribution in [1.29, 1.82) is 0 Å². The number of fused-ring (bicyclic) bond motifs is 1. The average Bonchev–Trinajstić information content (AvgIpc) is 2.74. The van der Waals surface area contributed by atoms with Gasteiger partial charge in [0.05, 0.1) is 11.3 Å². The van der Waals surface area contributed by atoms with Gasteiger partial charge in [-0.1, -0.05) is 6.07 Å². The summed E-state index contributed by atoms with van der Waals surface area (Å²) < 4.78 is 0.589. The number of carbonyl (C=O) groups excluding carboxylic acids is 3. The minimum Gasteiger partial charge on any atom is -0.341 e. The first-order valence-electron chi connectivity index (χ1n) is 7.02. The molecule has 3 rings (SSSR count). The molecule has 2 aliphatic rings. The van der Waals surface area contributed by atoms with Gasteiger partial charge in [0.15, 0.2) is 0 Å². The molecule has 0 spiro atoms. The summed E-state index contributed by atoms with van der Waals surface area (Å²) in [5.74, 6) is -1.27. The van der Waals surface area contributed by atoms with Gasteiger partial charge in [0.25, 0.3) is 11.7 Å². The van der Waals surface area contributed by atoms with Gasteiger partial charge in [-0.3, -0.25) is 19.3 Å². The first kappa shape index (κ1) is 14.3. The largest absolute Gasteiger partial charge is 0.341 e. The van der Waals surface area contributed by atoms with E-state index in [9.17, 15) is 14.4 Å². The fraction of sp³-hybridized carbons (Fsp3) is 0.400. The van der Waals surface area contributed by atoms with E-state index in [4.69, 9.17) is 0 Å². The molecule has 0 unspecified atom stereocenters. The molecule has 2 heterocycles. The number of amides is 2. The number of halogens is 1. The van der Waals surface area contributed by atoms with E-state index in [0.29, 0.717) is 15.7 Å². The second kappa shape index (κ2) is 5.60. The fourth-order valence-electron chi connectivity index (χ4n) is 2.84. The second-order valence-electron chi connectivity index (χ2n) is 5.30. The highest BCUT2D eigenvalue weighted by molar-refractivity contribution is 9.10. The number of nitrogens with zero attached hydrogens (tertiary/aromatic N) is 2. The van der Waals surface area contributed by atoms with Gasteiger partial charge in [-0.15, -0.1) is 0 Å². The van der Waals surface area contributed by atoms with Crippen molar-refractivity contribution < 1.29 is 14.4 Å². The summed E-state index contributed by atoms with van der Waals surface area (Å²) in [6.45, 7) is 1.41. The lowest BCUT2D eigenvalue weighted by molar-refractivity contribution is -0.131. The van der Waals surface area contributed by atoms with Crippen LogP contribution in [-0.2, 0) is 9.59 Å². The van der Waals surface area contributed by atoms with E-state index in [0.717, 1.165) is 32.4 Å². The van der Waals surface area contributed by atoms with Gasteiger partial charge in [0.2, 0.25) is 5.91 Å². The van der Waals surface area contributed by atoms with Crippen LogP contribution in [0.5, 0.6) is 0 Å². The van der Waals surface area contributed by atoms with Gasteiger partial charge in [-0.2, -0.15) is 0 Å². The average molecular weight is 351 g/mol. The Balaban J connectivity index is 1.83. The third kappa shape index (κ3) is 2.48. The molecule has 1 aromatic carbocycles. The number of ketones is 1. The normalized spacial score (nSPS) is 18.1. The van der Waals surface area contributed by atoms with E-state index in [2.05, 4.69) is 15.9 Å². The number of carbonyl (C=O) groups is 3. The van der Waals surface area contributed by atoms with Crippen molar-refractivity contribution in [2.24, 2.45) is 0 Å². The van der Waals surface area contributed by atoms with Gasteiger partial charge in [0, 0.05) is 17.6 Å². The SMILES string of the molecule is O=C1C(=O)N(CC(=O)N2CCCCC2)c2cccc(Br)c21. The summed E-state index contributed by atoms with van der Waals surface area (Å²) in [5, 5.41) is 0. The van der Waals surface area contributed by atoms with E-state index < -0.39 is 11.7 Å². The third-order valence-corrected chi connectivity index (χ3v) is 4.61. The summed E-state index contributed by atoms with van der Waals surface area (Å²) in [4.78, 5) is 39.5. The maximum atomic E-state index is 12.3. The van der Waals surface area contributed by atoms with Gasteiger partial charge in [0.1, 0.15) is 6.54 Å². The molecule has 1 saturated heterocycles. The van der Waals surface area contributed by atoms with Crippen LogP contribution in [0.25, 0.3) is 0 Å². The van der Waals surface area contributed by atoms with E-state index in [1.54, 1.807) is 23.1 Å². The number of rotatable bonds is 2. The number of Topliss-reactive ketones (excluding diaryl/α,β-unsaturated/α-hetero) is 1. The molecule has 0 saturated carbocycles. The highest BCUT2D eigenvalue weighted by Crippen LogP contribution is 2.34. The van der Waals surface area contributed by atoms with E-state index in [-0.39, 0.29) is 12.5 Å². The molecule has 0 aromatic heterocycles. The number of anilines is 1. The minimum atomic E-state index is -0.623. The zero-order valence-corrected chi connectivity index (χ0v) is 13.1. The van der Waals surface area contributed by atoms with Gasteiger partial charge in [-0.25, -0.2) is 0 Å². The second-order valence-corrected chi connectivity index (χ2v) is 6.15. The van der Waals surface area contributed by atoms with Crippen LogP contribution >= 0.6 is 15.9 Å². The number of likely N-dealkylation sites (tertiary alicyclic amines) is 1. The monoisotopic (exact) mass is 350 g/mol. The summed E-state index contributed by atoms with van der Waals surface area (Å²) in [5.41, 5.74) is 0.874. The standard InChI is InChI=1S/C15H15BrN2O3/c16-10-5-4-6-11-13(10)14(20)15(21)18(11)9-12(19)17-7-2-1-3-8-17/h4-6H,1-3,7-9H2. The minimum absolute atomic E-state index is 0.0615. The summed E-state index contributed by atoms with van der Waals surface area (Å²) in [7, 11) is 0. The molecule has 0 radical (unpaired) electrons. The molecule has 2 amide bonds. The van der Waals surface area contributed by atoms with Crippen molar-refractivity contribution in [1.82, 2.24) is 4.90 Å². The molecule has 6 heteroatoms. The van der Waals surface area contributed by atoms with Crippen molar-refractivity contribution in [3.05, 3.63) is 28.2 Å². The van der Waals surface area contributed by atoms with Crippen molar-refractivity contribution in [2.75, 3.05) is 24.5 Å². The quantitative estimate of drug-likeness (QED) is 0.766. The molecule has 21 heavy (non-hydrogen) atoms. The highest BCUT2D eigenvalue weighted by Gasteiger charge is 2.38. The van der Waals surface area contributed by atoms with Crippen molar-refractivity contribution in [2.45, 2.75) is 19.3 Å². The van der Waals surface area contributed by atoms with Crippen LogP contribution in [0.1, 0.15) is 29.6 Å². The molecule has 0 bridgehead atoms. The van der Waals surface area contributed by atoms with Crippen LogP contribution < -0.4 is 4.90 Å². The summed E-state index contributed by atoms with van der Waals surface area (Å²) in [6, 6.07) is 5.18. The van der Waals surface area contributed by atoms with E-state index >= 15 is 0 Å². The van der Waals surface area contributed by atoms with E-state index in [1.807, 2.05) is 0 Å². The zero-order valence-electron chi connectivity index (χ0n) is 11.5. The van der Waals surface area contributed by atoms with E-state index in [1.165, 1.54) is 4.90 Å². The lowest BCUT2D eigenvalue weighted by atomic mass is 10.1. The highest BCUT2D eigenvalue weighted by atomic mass is 79.9. The Bertz CT molecular complexity index is 623. The molecule has 0 N–H and O–H groups in total. The molecule has 5 nitrogen and oxygen atoms in total. The topological polar surface area (TPSA) is 57.7 Å². The Kier molecular flexibility index (Phi) is 3.80.